The number of hydrogen-bond acceptors (Lipinski definition) is 6. The number of hydrogen-bond donors (Lipinski definition) is 0. The molecule has 1 aliphatic carbocycles. The van der Waals surface area contributed by atoms with Crippen LogP contribution in [0.15, 0.2) is 46.4 Å². The highest BCUT2D eigenvalue weighted by Gasteiger charge is 2.73. The zero-order valence-electron chi connectivity index (χ0n) is 18.7. The Labute approximate surface area is 187 Å². The van der Waals surface area contributed by atoms with Crippen LogP contribution < -0.4 is 0 Å². The topological polar surface area (TPSA) is 71.1 Å². The Morgan fingerprint density at radius 1 is 1.29 bits per heavy atom. The lowest BCUT2D eigenvalue weighted by atomic mass is 9.65. The maximum Gasteiger partial charge on any atom is 0.315 e. The van der Waals surface area contributed by atoms with Crippen LogP contribution in [0.25, 0.3) is 0 Å². The van der Waals surface area contributed by atoms with Crippen molar-refractivity contribution in [3.05, 3.63) is 46.4 Å². The number of carbonyl (C=O) groups is 2. The summed E-state index contributed by atoms with van der Waals surface area (Å²) in [4.78, 5) is 26.6. The van der Waals surface area contributed by atoms with Crippen LogP contribution in [0.5, 0.6) is 0 Å². The van der Waals surface area contributed by atoms with Crippen molar-refractivity contribution in [3.8, 4) is 0 Å². The second kappa shape index (κ2) is 7.61. The van der Waals surface area contributed by atoms with Crippen LogP contribution in [0.3, 0.4) is 0 Å². The van der Waals surface area contributed by atoms with Crippen LogP contribution in [0, 0.1) is 23.7 Å². The molecule has 3 aliphatic heterocycles. The van der Waals surface area contributed by atoms with Crippen molar-refractivity contribution in [3.63, 3.8) is 0 Å². The van der Waals surface area contributed by atoms with Gasteiger partial charge in [0.15, 0.2) is 5.79 Å². The van der Waals surface area contributed by atoms with E-state index in [-0.39, 0.29) is 16.7 Å². The molecule has 4 aliphatic rings. The smallest absolute Gasteiger partial charge is 0.315 e. The van der Waals surface area contributed by atoms with E-state index >= 15 is 0 Å². The molecule has 0 radical (unpaired) electrons. The first kappa shape index (κ1) is 22.3. The van der Waals surface area contributed by atoms with Crippen molar-refractivity contribution in [2.24, 2.45) is 23.7 Å². The van der Waals surface area contributed by atoms with Gasteiger partial charge in [0.05, 0.1) is 11.3 Å². The summed E-state index contributed by atoms with van der Waals surface area (Å²) in [5.41, 5.74) is -0.166. The molecule has 7 heteroatoms. The van der Waals surface area contributed by atoms with Gasteiger partial charge in [-0.05, 0) is 31.9 Å². The van der Waals surface area contributed by atoms with Crippen molar-refractivity contribution in [2.75, 3.05) is 7.11 Å². The quantitative estimate of drug-likeness (QED) is 0.593. The summed E-state index contributed by atoms with van der Waals surface area (Å²) >= 11 is 6.57. The minimum absolute atomic E-state index is 0.0710. The van der Waals surface area contributed by atoms with Crippen molar-refractivity contribution >= 4 is 23.4 Å². The lowest BCUT2D eigenvalue weighted by molar-refractivity contribution is -0.298. The van der Waals surface area contributed by atoms with Crippen LogP contribution in [0.4, 0.5) is 0 Å². The Morgan fingerprint density at radius 2 is 2.00 bits per heavy atom. The van der Waals surface area contributed by atoms with Crippen LogP contribution in [0.2, 0.25) is 0 Å². The highest BCUT2D eigenvalue weighted by molar-refractivity contribution is 6.45. The Hall–Kier alpha value is -1.89. The number of rotatable bonds is 4. The second-order valence-corrected chi connectivity index (χ2v) is 9.44. The maximum atomic E-state index is 13.5. The van der Waals surface area contributed by atoms with E-state index in [4.69, 9.17) is 30.5 Å². The van der Waals surface area contributed by atoms with Gasteiger partial charge in [-0.15, -0.1) is 0 Å². The van der Waals surface area contributed by atoms with Gasteiger partial charge < -0.3 is 18.9 Å². The molecule has 0 aromatic rings. The first-order valence-corrected chi connectivity index (χ1v) is 11.2. The SMILES string of the molecule is CC[C@H](C)/C=C\C1=CC2=C(Cl)C(=O)[C@@]3(C)O[C@]4(OC)[C@H](C)[C@@H](C)OC(=O)[C@@H]4[C@H]3C2=CO1. The molecule has 6 nitrogen and oxygen atoms in total. The molecular formula is C24H29ClO6. The average molecular weight is 449 g/mol. The molecule has 2 saturated heterocycles. The van der Waals surface area contributed by atoms with Crippen LogP contribution in [-0.4, -0.2) is 36.4 Å². The summed E-state index contributed by atoms with van der Waals surface area (Å²) < 4.78 is 23.7. The van der Waals surface area contributed by atoms with Crippen molar-refractivity contribution in [1.29, 1.82) is 0 Å². The fourth-order valence-corrected chi connectivity index (χ4v) is 5.45. The van der Waals surface area contributed by atoms with E-state index < -0.39 is 35.3 Å². The first-order chi connectivity index (χ1) is 14.6. The number of methoxy groups -OCH3 is 1. The molecule has 0 unspecified atom stereocenters. The number of allylic oxidation sites excluding steroid dienone is 4. The van der Waals surface area contributed by atoms with Gasteiger partial charge in [0.2, 0.25) is 5.78 Å². The lowest BCUT2D eigenvalue weighted by Gasteiger charge is -2.44. The molecule has 0 bridgehead atoms. The fourth-order valence-electron chi connectivity index (χ4n) is 5.10. The van der Waals surface area contributed by atoms with Crippen LogP contribution in [-0.2, 0) is 28.5 Å². The zero-order valence-corrected chi connectivity index (χ0v) is 19.5. The van der Waals surface area contributed by atoms with Crippen molar-refractivity contribution < 1.29 is 28.5 Å². The molecule has 168 valence electrons. The third-order valence-corrected chi connectivity index (χ3v) is 7.70. The van der Waals surface area contributed by atoms with Gasteiger partial charge in [0.1, 0.15) is 23.4 Å². The third kappa shape index (κ3) is 3.06. The number of cyclic esters (lactones) is 1. The van der Waals surface area contributed by atoms with Gasteiger partial charge in [0, 0.05) is 30.1 Å². The number of carbonyl (C=O) groups excluding carboxylic acids is 2. The highest BCUT2D eigenvalue weighted by atomic mass is 35.5. The van der Waals surface area contributed by atoms with E-state index in [9.17, 15) is 9.59 Å². The Balaban J connectivity index is 1.81. The van der Waals surface area contributed by atoms with Crippen molar-refractivity contribution in [1.82, 2.24) is 0 Å². The van der Waals surface area contributed by atoms with Gasteiger partial charge in [-0.3, -0.25) is 9.59 Å². The molecule has 0 saturated carbocycles. The predicted octanol–water partition coefficient (Wildman–Crippen LogP) is 4.41. The third-order valence-electron chi connectivity index (χ3n) is 7.32. The molecule has 2 fully saturated rings. The number of ketones is 1. The number of halogens is 1. The van der Waals surface area contributed by atoms with Gasteiger partial charge in [-0.2, -0.15) is 0 Å². The van der Waals surface area contributed by atoms with E-state index in [1.165, 1.54) is 7.11 Å². The van der Waals surface area contributed by atoms with Gasteiger partial charge in [-0.25, -0.2) is 0 Å². The normalized spacial score (nSPS) is 40.5. The molecule has 31 heavy (non-hydrogen) atoms. The molecular weight excluding hydrogens is 420 g/mol. The summed E-state index contributed by atoms with van der Waals surface area (Å²) in [6, 6.07) is 0. The molecule has 0 amide bonds. The molecule has 0 aromatic heterocycles. The summed E-state index contributed by atoms with van der Waals surface area (Å²) in [6.45, 7) is 9.59. The number of fused-ring (bicyclic) bond motifs is 5. The Morgan fingerprint density at radius 3 is 2.65 bits per heavy atom. The minimum atomic E-state index is -1.37. The van der Waals surface area contributed by atoms with Gasteiger partial charge in [0.25, 0.3) is 0 Å². The highest BCUT2D eigenvalue weighted by Crippen LogP contribution is 2.61. The molecule has 7 atom stereocenters. The summed E-state index contributed by atoms with van der Waals surface area (Å²) in [6.07, 6.45) is 7.84. The van der Waals surface area contributed by atoms with E-state index in [1.54, 1.807) is 26.2 Å². The molecule has 0 spiro atoms. The van der Waals surface area contributed by atoms with E-state index in [0.29, 0.717) is 22.8 Å². The Kier molecular flexibility index (Phi) is 5.48. The minimum Gasteiger partial charge on any atom is -0.465 e. The predicted molar refractivity (Wildman–Crippen MR) is 115 cm³/mol. The van der Waals surface area contributed by atoms with E-state index in [0.717, 1.165) is 6.42 Å². The van der Waals surface area contributed by atoms with Crippen LogP contribution >= 0.6 is 11.6 Å². The largest absolute Gasteiger partial charge is 0.465 e. The van der Waals surface area contributed by atoms with E-state index in [1.807, 2.05) is 19.1 Å². The first-order valence-electron chi connectivity index (χ1n) is 10.8. The Bertz CT molecular complexity index is 946. The summed E-state index contributed by atoms with van der Waals surface area (Å²) in [5.74, 6) is -2.88. The number of Topliss-reactive ketones (excluding diaryl/α,β-unsaturated/α-hetero) is 1. The van der Waals surface area contributed by atoms with Gasteiger partial charge in [-0.1, -0.05) is 44.9 Å². The molecule has 4 rings (SSSR count). The summed E-state index contributed by atoms with van der Waals surface area (Å²) in [7, 11) is 1.50. The number of esters is 1. The lowest BCUT2D eigenvalue weighted by Crippen LogP contribution is -2.57. The molecule has 3 heterocycles. The average Bonchev–Trinajstić information content (AvgIpc) is 3.05. The molecule has 0 aromatic carbocycles. The number of ether oxygens (including phenoxy) is 4. The van der Waals surface area contributed by atoms with E-state index in [2.05, 4.69) is 13.8 Å². The summed E-state index contributed by atoms with van der Waals surface area (Å²) in [5, 5.41) is 0.0710. The molecule has 0 N–H and O–H groups in total. The second-order valence-electron chi connectivity index (χ2n) is 9.06. The van der Waals surface area contributed by atoms with Gasteiger partial charge >= 0.3 is 5.97 Å². The standard InChI is InChI=1S/C24H29ClO6/c1-7-12(2)8-9-15-10-16-17(11-29-15)18-19-22(27)30-14(4)13(3)24(19,28-6)31-23(18,5)21(26)20(16)25/h8-14,18-19H,7H2,1-6H3/b9-8-/t12-,13+,14+,18+,19-,23-,24+/m0/s1. The van der Waals surface area contributed by atoms with Crippen LogP contribution in [0.1, 0.15) is 41.0 Å². The monoisotopic (exact) mass is 448 g/mol. The zero-order chi connectivity index (χ0) is 22.7. The maximum absolute atomic E-state index is 13.5. The van der Waals surface area contributed by atoms with Crippen molar-refractivity contribution in [2.45, 2.75) is 58.5 Å². The fraction of sp³-hybridized carbons (Fsp3) is 0.583.